The van der Waals surface area contributed by atoms with E-state index >= 15 is 0 Å². The third-order valence-corrected chi connectivity index (χ3v) is 5.90. The molecule has 0 spiro atoms. The molecule has 0 saturated heterocycles. The predicted molar refractivity (Wildman–Crippen MR) is 107 cm³/mol. The summed E-state index contributed by atoms with van der Waals surface area (Å²) < 4.78 is 16.0. The molecule has 1 heterocycles. The highest BCUT2D eigenvalue weighted by Crippen LogP contribution is 2.36. The van der Waals surface area contributed by atoms with Crippen molar-refractivity contribution in [2.75, 3.05) is 20.8 Å². The smallest absolute Gasteiger partial charge is 0.340 e. The molecule has 0 unspecified atom stereocenters. The van der Waals surface area contributed by atoms with E-state index in [9.17, 15) is 19.5 Å². The molecule has 0 bridgehead atoms. The first-order chi connectivity index (χ1) is 14.3. The van der Waals surface area contributed by atoms with E-state index in [4.69, 9.17) is 13.9 Å². The Bertz CT molecular complexity index is 1000. The normalized spacial score (nSPS) is 18.8. The van der Waals surface area contributed by atoms with E-state index in [-0.39, 0.29) is 23.8 Å². The molecule has 1 N–H and O–H groups in total. The monoisotopic (exact) mass is 416 g/mol. The van der Waals surface area contributed by atoms with Gasteiger partial charge in [-0.1, -0.05) is 0 Å². The van der Waals surface area contributed by atoms with Crippen molar-refractivity contribution < 1.29 is 28.6 Å². The lowest BCUT2D eigenvalue weighted by atomic mass is 9.82. The van der Waals surface area contributed by atoms with Crippen molar-refractivity contribution >= 4 is 22.8 Å². The summed E-state index contributed by atoms with van der Waals surface area (Å²) >= 11 is 0. The number of hydrogen-bond donors (Lipinski definition) is 1. The molecule has 30 heavy (non-hydrogen) atoms. The molecule has 8 heteroatoms. The maximum atomic E-state index is 12.6. The molecule has 8 nitrogen and oxygen atoms in total. The number of carboxylic acids is 1. The van der Waals surface area contributed by atoms with Gasteiger partial charge in [-0.3, -0.25) is 4.79 Å². The Balaban J connectivity index is 1.70. The van der Waals surface area contributed by atoms with Crippen molar-refractivity contribution in [2.45, 2.75) is 39.0 Å². The van der Waals surface area contributed by atoms with Crippen LogP contribution in [0.4, 0.5) is 0 Å². The number of carboxylic acid groups (broad SMARTS) is 1. The van der Waals surface area contributed by atoms with E-state index in [0.29, 0.717) is 47.4 Å². The largest absolute Gasteiger partial charge is 0.550 e. The number of ether oxygens (including phenoxy) is 2. The third kappa shape index (κ3) is 4.42. The Morgan fingerprint density at radius 1 is 1.17 bits per heavy atom. The summed E-state index contributed by atoms with van der Waals surface area (Å²) in [5.41, 5.74) is 0.657. The van der Waals surface area contributed by atoms with Crippen LogP contribution in [-0.2, 0) is 16.0 Å². The fraction of sp³-hybridized carbons (Fsp3) is 0.500. The van der Waals surface area contributed by atoms with Crippen molar-refractivity contribution in [3.8, 4) is 11.5 Å². The molecule has 1 aromatic carbocycles. The summed E-state index contributed by atoms with van der Waals surface area (Å²) in [5, 5.41) is 14.5. The van der Waals surface area contributed by atoms with Gasteiger partial charge in [0.05, 0.1) is 26.2 Å². The van der Waals surface area contributed by atoms with Crippen LogP contribution in [0.1, 0.15) is 36.8 Å². The molecule has 1 aliphatic rings. The summed E-state index contributed by atoms with van der Waals surface area (Å²) in [5.74, 6) is -0.643. The SMILES string of the molecule is COc1ccc2c(C)c(CC(=O)NCC3CCC(C(=O)[O-])CC3)c(=O)oc2c1OC. The Morgan fingerprint density at radius 3 is 2.47 bits per heavy atom. The van der Waals surface area contributed by atoms with Crippen LogP contribution in [0.15, 0.2) is 21.3 Å². The standard InChI is InChI=1S/C22H27NO7/c1-12-15-8-9-17(28-2)20(29-3)19(15)30-22(27)16(12)10-18(24)23-11-13-4-6-14(7-5-13)21(25)26/h8-9,13-14H,4-7,10-11H2,1-3H3,(H,23,24)(H,25,26)/p-1. The molecule has 3 rings (SSSR count). The first-order valence-electron chi connectivity index (χ1n) is 10.0. The van der Waals surface area contributed by atoms with E-state index < -0.39 is 17.5 Å². The zero-order chi connectivity index (χ0) is 21.8. The van der Waals surface area contributed by atoms with Gasteiger partial charge >= 0.3 is 5.63 Å². The topological polar surface area (TPSA) is 118 Å². The number of aryl methyl sites for hydroxylation is 1. The van der Waals surface area contributed by atoms with Gasteiger partial charge in [-0.15, -0.1) is 0 Å². The Labute approximate surface area is 174 Å². The van der Waals surface area contributed by atoms with Crippen molar-refractivity contribution in [3.05, 3.63) is 33.7 Å². The number of aliphatic carboxylic acids is 1. The maximum absolute atomic E-state index is 12.6. The van der Waals surface area contributed by atoms with Gasteiger partial charge in [0.25, 0.3) is 0 Å². The van der Waals surface area contributed by atoms with Crippen molar-refractivity contribution in [1.82, 2.24) is 5.32 Å². The van der Waals surface area contributed by atoms with Crippen LogP contribution in [-0.4, -0.2) is 32.6 Å². The predicted octanol–water partition coefficient (Wildman–Crippen LogP) is 1.33. The number of rotatable bonds is 7. The zero-order valence-electron chi connectivity index (χ0n) is 17.4. The van der Waals surface area contributed by atoms with E-state index in [2.05, 4.69) is 5.32 Å². The highest BCUT2D eigenvalue weighted by atomic mass is 16.5. The van der Waals surface area contributed by atoms with E-state index in [1.807, 2.05) is 0 Å². The second-order valence-corrected chi connectivity index (χ2v) is 7.69. The molecule has 1 aliphatic carbocycles. The highest BCUT2D eigenvalue weighted by Gasteiger charge is 2.23. The number of fused-ring (bicyclic) bond motifs is 1. The number of carbonyl (C=O) groups excluding carboxylic acids is 2. The van der Waals surface area contributed by atoms with Crippen molar-refractivity contribution in [1.29, 1.82) is 0 Å². The number of hydrogen-bond acceptors (Lipinski definition) is 7. The number of benzene rings is 1. The Kier molecular flexibility index (Phi) is 6.64. The molecule has 162 valence electrons. The van der Waals surface area contributed by atoms with E-state index in [1.165, 1.54) is 14.2 Å². The number of amides is 1. The number of methoxy groups -OCH3 is 2. The van der Waals surface area contributed by atoms with Gasteiger partial charge in [0.1, 0.15) is 0 Å². The lowest BCUT2D eigenvalue weighted by Gasteiger charge is -2.29. The minimum Gasteiger partial charge on any atom is -0.550 e. The van der Waals surface area contributed by atoms with Crippen LogP contribution in [0.3, 0.4) is 0 Å². The molecule has 1 amide bonds. The van der Waals surface area contributed by atoms with Gasteiger partial charge in [-0.2, -0.15) is 0 Å². The van der Waals surface area contributed by atoms with Crippen LogP contribution in [0.25, 0.3) is 11.0 Å². The van der Waals surface area contributed by atoms with Crippen LogP contribution >= 0.6 is 0 Å². The van der Waals surface area contributed by atoms with Gasteiger partial charge in [-0.25, -0.2) is 4.79 Å². The fourth-order valence-electron chi connectivity index (χ4n) is 4.05. The summed E-state index contributed by atoms with van der Waals surface area (Å²) in [6.45, 7) is 2.23. The van der Waals surface area contributed by atoms with Crippen LogP contribution in [0.5, 0.6) is 11.5 Å². The quantitative estimate of drug-likeness (QED) is 0.677. The molecular weight excluding hydrogens is 390 g/mol. The maximum Gasteiger partial charge on any atom is 0.340 e. The van der Waals surface area contributed by atoms with Gasteiger partial charge in [0, 0.05) is 17.9 Å². The van der Waals surface area contributed by atoms with Gasteiger partial charge in [0.15, 0.2) is 11.3 Å². The van der Waals surface area contributed by atoms with E-state index in [1.54, 1.807) is 19.1 Å². The minimum atomic E-state index is -0.995. The summed E-state index contributed by atoms with van der Waals surface area (Å²) in [4.78, 5) is 35.9. The van der Waals surface area contributed by atoms with Crippen molar-refractivity contribution in [2.24, 2.45) is 11.8 Å². The van der Waals surface area contributed by atoms with Crippen LogP contribution in [0, 0.1) is 18.8 Å². The third-order valence-electron chi connectivity index (χ3n) is 5.90. The molecule has 0 aliphatic heterocycles. The number of nitrogens with one attached hydrogen (secondary N) is 1. The van der Waals surface area contributed by atoms with E-state index in [0.717, 1.165) is 12.8 Å². The van der Waals surface area contributed by atoms with Gasteiger partial charge in [-0.05, 0) is 62.1 Å². The first kappa shape index (κ1) is 21.7. The average Bonchev–Trinajstić information content (AvgIpc) is 2.74. The number of carbonyl (C=O) groups is 2. The van der Waals surface area contributed by atoms with Crippen LogP contribution < -0.4 is 25.5 Å². The highest BCUT2D eigenvalue weighted by molar-refractivity contribution is 5.89. The zero-order valence-corrected chi connectivity index (χ0v) is 17.4. The summed E-state index contributed by atoms with van der Waals surface area (Å²) in [6, 6.07) is 3.49. The lowest BCUT2D eigenvalue weighted by molar-refractivity contribution is -0.312. The Morgan fingerprint density at radius 2 is 1.87 bits per heavy atom. The second kappa shape index (κ2) is 9.19. The van der Waals surface area contributed by atoms with Crippen LogP contribution in [0.2, 0.25) is 0 Å². The van der Waals surface area contributed by atoms with Gasteiger partial charge in [0.2, 0.25) is 11.7 Å². The minimum absolute atomic E-state index is 0.0904. The molecule has 1 fully saturated rings. The molecule has 0 atom stereocenters. The summed E-state index contributed by atoms with van der Waals surface area (Å²) in [7, 11) is 2.97. The first-order valence-corrected chi connectivity index (χ1v) is 10.0. The molecule has 1 aromatic heterocycles. The summed E-state index contributed by atoms with van der Waals surface area (Å²) in [6.07, 6.45) is 2.52. The lowest BCUT2D eigenvalue weighted by Crippen LogP contribution is -2.37. The second-order valence-electron chi connectivity index (χ2n) is 7.69. The molecular formula is C22H26NO7-. The Hall–Kier alpha value is -3.03. The fourth-order valence-corrected chi connectivity index (χ4v) is 4.05. The van der Waals surface area contributed by atoms with Crippen molar-refractivity contribution in [3.63, 3.8) is 0 Å². The average molecular weight is 416 g/mol. The molecule has 2 aromatic rings. The molecule has 1 saturated carbocycles. The van der Waals surface area contributed by atoms with Gasteiger partial charge < -0.3 is 29.1 Å². The molecule has 0 radical (unpaired) electrons.